The Morgan fingerprint density at radius 1 is 1.15 bits per heavy atom. The third-order valence-electron chi connectivity index (χ3n) is 3.97. The molecule has 2 atom stereocenters. The van der Waals surface area contributed by atoms with Gasteiger partial charge in [-0.05, 0) is 18.4 Å². The summed E-state index contributed by atoms with van der Waals surface area (Å²) in [6.07, 6.45) is 9.26. The molecule has 0 saturated carbocycles. The maximum absolute atomic E-state index is 10.2. The van der Waals surface area contributed by atoms with E-state index in [0.29, 0.717) is 0 Å². The van der Waals surface area contributed by atoms with Crippen LogP contribution in [-0.2, 0) is 27.1 Å². The van der Waals surface area contributed by atoms with Gasteiger partial charge in [-0.2, -0.15) is 10.2 Å². The minimum atomic E-state index is -0.258. The molecule has 0 spiro atoms. The first kappa shape index (κ1) is 13.3. The zero-order valence-electron chi connectivity index (χ0n) is 12.0. The van der Waals surface area contributed by atoms with E-state index in [1.54, 1.807) is 0 Å². The predicted molar refractivity (Wildman–Crippen MR) is 74.9 cm³/mol. The molecule has 3 heterocycles. The monoisotopic (exact) mass is 275 g/mol. The number of aromatic nitrogens is 4. The van der Waals surface area contributed by atoms with E-state index in [9.17, 15) is 5.11 Å². The summed E-state index contributed by atoms with van der Waals surface area (Å²) >= 11 is 0. The summed E-state index contributed by atoms with van der Waals surface area (Å²) in [5.74, 6) is 0. The Morgan fingerprint density at radius 2 is 1.80 bits per heavy atom. The first-order valence-electron chi connectivity index (χ1n) is 6.99. The van der Waals surface area contributed by atoms with E-state index >= 15 is 0 Å². The first-order chi connectivity index (χ1) is 9.61. The standard InChI is InChI=1S/C14H21N5O/c1-17-8-11(6-15-17)5-13-14(20)3-4-19(13)10-12-7-16-18(2)9-12/h6-9,13-14,20H,3-5,10H2,1-2H3/t13-,14+/m0/s1. The molecule has 0 aliphatic carbocycles. The molecule has 2 aromatic rings. The number of hydrogen-bond acceptors (Lipinski definition) is 4. The second-order valence-corrected chi connectivity index (χ2v) is 5.64. The van der Waals surface area contributed by atoms with Crippen molar-refractivity contribution >= 4 is 0 Å². The molecule has 6 heteroatoms. The third-order valence-corrected chi connectivity index (χ3v) is 3.97. The molecule has 0 aromatic carbocycles. The Morgan fingerprint density at radius 3 is 2.40 bits per heavy atom. The highest BCUT2D eigenvalue weighted by atomic mass is 16.3. The molecule has 0 unspecified atom stereocenters. The summed E-state index contributed by atoms with van der Waals surface area (Å²) in [6.45, 7) is 1.77. The fourth-order valence-corrected chi connectivity index (χ4v) is 2.97. The number of aliphatic hydroxyl groups is 1. The van der Waals surface area contributed by atoms with Crippen LogP contribution in [0.15, 0.2) is 24.8 Å². The number of aryl methyl sites for hydroxylation is 2. The van der Waals surface area contributed by atoms with Crippen LogP contribution in [0.3, 0.4) is 0 Å². The highest BCUT2D eigenvalue weighted by molar-refractivity contribution is 5.10. The second kappa shape index (κ2) is 5.38. The topological polar surface area (TPSA) is 59.1 Å². The zero-order chi connectivity index (χ0) is 14.1. The van der Waals surface area contributed by atoms with Crippen LogP contribution in [0.2, 0.25) is 0 Å². The van der Waals surface area contributed by atoms with Gasteiger partial charge in [0, 0.05) is 51.2 Å². The summed E-state index contributed by atoms with van der Waals surface area (Å²) in [5.41, 5.74) is 2.37. The lowest BCUT2D eigenvalue weighted by Crippen LogP contribution is -2.36. The molecule has 0 amide bonds. The molecule has 1 N–H and O–H groups in total. The molecule has 108 valence electrons. The highest BCUT2D eigenvalue weighted by Crippen LogP contribution is 2.23. The predicted octanol–water partition coefficient (Wildman–Crippen LogP) is 0.331. The molecule has 0 bridgehead atoms. The van der Waals surface area contributed by atoms with Crippen molar-refractivity contribution in [3.8, 4) is 0 Å². The first-order valence-corrected chi connectivity index (χ1v) is 6.99. The average Bonchev–Trinajstić information content (AvgIpc) is 3.08. The van der Waals surface area contributed by atoms with Crippen LogP contribution in [0.4, 0.5) is 0 Å². The van der Waals surface area contributed by atoms with Gasteiger partial charge in [0.15, 0.2) is 0 Å². The summed E-state index contributed by atoms with van der Waals surface area (Å²) < 4.78 is 3.63. The van der Waals surface area contributed by atoms with Crippen LogP contribution in [0.1, 0.15) is 17.5 Å². The highest BCUT2D eigenvalue weighted by Gasteiger charge is 2.33. The second-order valence-electron chi connectivity index (χ2n) is 5.64. The van der Waals surface area contributed by atoms with Gasteiger partial charge in [-0.25, -0.2) is 0 Å². The van der Waals surface area contributed by atoms with E-state index in [1.165, 1.54) is 11.1 Å². The van der Waals surface area contributed by atoms with Crippen molar-refractivity contribution in [1.82, 2.24) is 24.5 Å². The molecule has 20 heavy (non-hydrogen) atoms. The summed E-state index contributed by atoms with van der Waals surface area (Å²) in [5, 5.41) is 18.6. The Hall–Kier alpha value is -1.66. The Bertz CT molecular complexity index is 576. The maximum Gasteiger partial charge on any atom is 0.0711 e. The van der Waals surface area contributed by atoms with Crippen LogP contribution in [0, 0.1) is 0 Å². The van der Waals surface area contributed by atoms with Crippen molar-refractivity contribution in [1.29, 1.82) is 0 Å². The molecule has 1 aliphatic heterocycles. The number of nitrogens with zero attached hydrogens (tertiary/aromatic N) is 5. The molecule has 3 rings (SSSR count). The lowest BCUT2D eigenvalue weighted by Gasteiger charge is -2.25. The van der Waals surface area contributed by atoms with Crippen molar-refractivity contribution in [2.24, 2.45) is 14.1 Å². The molecule has 1 saturated heterocycles. The molecule has 1 aliphatic rings. The van der Waals surface area contributed by atoms with Crippen LogP contribution in [0.5, 0.6) is 0 Å². The van der Waals surface area contributed by atoms with Crippen LogP contribution in [0.25, 0.3) is 0 Å². The van der Waals surface area contributed by atoms with Gasteiger partial charge in [0.05, 0.1) is 18.5 Å². The minimum Gasteiger partial charge on any atom is -0.391 e. The number of hydrogen-bond donors (Lipinski definition) is 1. The quantitative estimate of drug-likeness (QED) is 0.873. The van der Waals surface area contributed by atoms with Gasteiger partial charge in [0.2, 0.25) is 0 Å². The van der Waals surface area contributed by atoms with E-state index < -0.39 is 0 Å². The van der Waals surface area contributed by atoms with E-state index in [2.05, 4.69) is 15.1 Å². The van der Waals surface area contributed by atoms with Crippen LogP contribution < -0.4 is 0 Å². The molecular weight excluding hydrogens is 254 g/mol. The van der Waals surface area contributed by atoms with Crippen LogP contribution in [-0.4, -0.2) is 48.3 Å². The fraction of sp³-hybridized carbons (Fsp3) is 0.571. The molecule has 6 nitrogen and oxygen atoms in total. The Balaban J connectivity index is 1.69. The summed E-state index contributed by atoms with van der Waals surface area (Å²) in [7, 11) is 3.84. The number of aliphatic hydroxyl groups excluding tert-OH is 1. The normalized spacial score (nSPS) is 23.6. The smallest absolute Gasteiger partial charge is 0.0711 e. The van der Waals surface area contributed by atoms with E-state index in [0.717, 1.165) is 25.9 Å². The lowest BCUT2D eigenvalue weighted by atomic mass is 10.0. The average molecular weight is 275 g/mol. The van der Waals surface area contributed by atoms with Gasteiger partial charge >= 0.3 is 0 Å². The van der Waals surface area contributed by atoms with Crippen LogP contribution >= 0.6 is 0 Å². The lowest BCUT2D eigenvalue weighted by molar-refractivity contribution is 0.112. The summed E-state index contributed by atoms with van der Waals surface area (Å²) in [4.78, 5) is 2.34. The Labute approximate surface area is 118 Å². The molecule has 2 aromatic heterocycles. The van der Waals surface area contributed by atoms with Gasteiger partial charge in [-0.15, -0.1) is 0 Å². The van der Waals surface area contributed by atoms with E-state index in [-0.39, 0.29) is 12.1 Å². The van der Waals surface area contributed by atoms with Crippen molar-refractivity contribution in [2.45, 2.75) is 31.5 Å². The number of rotatable bonds is 4. The number of likely N-dealkylation sites (tertiary alicyclic amines) is 1. The van der Waals surface area contributed by atoms with Crippen molar-refractivity contribution in [2.75, 3.05) is 6.54 Å². The van der Waals surface area contributed by atoms with Crippen molar-refractivity contribution in [3.05, 3.63) is 35.9 Å². The Kier molecular flexibility index (Phi) is 3.58. The van der Waals surface area contributed by atoms with Crippen molar-refractivity contribution < 1.29 is 5.11 Å². The van der Waals surface area contributed by atoms with Crippen molar-refractivity contribution in [3.63, 3.8) is 0 Å². The van der Waals surface area contributed by atoms with Gasteiger partial charge < -0.3 is 5.11 Å². The maximum atomic E-state index is 10.2. The SMILES string of the molecule is Cn1cc(C[C@H]2[C@H](O)CCN2Cc2cnn(C)c2)cn1. The fourth-order valence-electron chi connectivity index (χ4n) is 2.97. The van der Waals surface area contributed by atoms with Gasteiger partial charge in [-0.3, -0.25) is 14.3 Å². The third kappa shape index (κ3) is 2.76. The van der Waals surface area contributed by atoms with E-state index in [1.807, 2.05) is 48.2 Å². The van der Waals surface area contributed by atoms with Gasteiger partial charge in [0.1, 0.15) is 0 Å². The van der Waals surface area contributed by atoms with Gasteiger partial charge in [-0.1, -0.05) is 0 Å². The summed E-state index contributed by atoms with van der Waals surface area (Å²) in [6, 6.07) is 0.166. The largest absolute Gasteiger partial charge is 0.391 e. The van der Waals surface area contributed by atoms with E-state index in [4.69, 9.17) is 0 Å². The molecule has 1 fully saturated rings. The minimum absolute atomic E-state index is 0.166. The van der Waals surface area contributed by atoms with Gasteiger partial charge in [0.25, 0.3) is 0 Å². The zero-order valence-corrected chi connectivity index (χ0v) is 12.0. The molecular formula is C14H21N5O. The molecule has 0 radical (unpaired) electrons.